The largest absolute Gasteiger partial charge is 0.483 e. The van der Waals surface area contributed by atoms with Crippen LogP contribution < -0.4 is 4.74 Å². The topological polar surface area (TPSA) is 42.4 Å². The van der Waals surface area contributed by atoms with Crippen molar-refractivity contribution in [3.8, 4) is 16.9 Å². The van der Waals surface area contributed by atoms with E-state index in [1.54, 1.807) is 12.3 Å². The summed E-state index contributed by atoms with van der Waals surface area (Å²) < 4.78 is 5.92. The molecule has 0 atom stereocenters. The van der Waals surface area contributed by atoms with E-state index in [0.717, 1.165) is 43.5 Å². The molecule has 2 aromatic carbocycles. The van der Waals surface area contributed by atoms with E-state index in [1.165, 1.54) is 12.0 Å². The van der Waals surface area contributed by atoms with Crippen molar-refractivity contribution in [2.75, 3.05) is 19.7 Å². The standard InChI is InChI=1S/C26H27ClN2O2/c27-25-13-12-22(18-28-25)23-8-4-5-9-24(23)31-19-26(30)29-16-14-21(15-17-29)11-10-20-6-2-1-3-7-20/h1-9,12-13,18,21H,10-11,14-17,19H2. The average molecular weight is 435 g/mol. The zero-order chi connectivity index (χ0) is 21.5. The second-order valence-corrected chi connectivity index (χ2v) is 8.39. The van der Waals surface area contributed by atoms with Crippen molar-refractivity contribution in [1.29, 1.82) is 0 Å². The van der Waals surface area contributed by atoms with Crippen LogP contribution in [-0.2, 0) is 11.2 Å². The summed E-state index contributed by atoms with van der Waals surface area (Å²) in [6, 6.07) is 22.0. The number of pyridine rings is 1. The summed E-state index contributed by atoms with van der Waals surface area (Å²) in [4.78, 5) is 18.8. The molecule has 0 N–H and O–H groups in total. The predicted octanol–water partition coefficient (Wildman–Crippen LogP) is 5.65. The molecule has 0 spiro atoms. The molecule has 0 aliphatic carbocycles. The molecule has 0 radical (unpaired) electrons. The summed E-state index contributed by atoms with van der Waals surface area (Å²) in [5.74, 6) is 1.41. The SMILES string of the molecule is O=C(COc1ccccc1-c1ccc(Cl)nc1)N1CCC(CCc2ccccc2)CC1. The van der Waals surface area contributed by atoms with Gasteiger partial charge in [-0.15, -0.1) is 0 Å². The van der Waals surface area contributed by atoms with Crippen LogP contribution in [-0.4, -0.2) is 35.5 Å². The van der Waals surface area contributed by atoms with Gasteiger partial charge in [0.05, 0.1) is 0 Å². The Morgan fingerprint density at radius 3 is 2.48 bits per heavy atom. The minimum Gasteiger partial charge on any atom is -0.483 e. The summed E-state index contributed by atoms with van der Waals surface area (Å²) >= 11 is 5.90. The number of aromatic nitrogens is 1. The first-order chi connectivity index (χ1) is 15.2. The van der Waals surface area contributed by atoms with Gasteiger partial charge in [-0.25, -0.2) is 4.98 Å². The molecule has 2 heterocycles. The van der Waals surface area contributed by atoms with E-state index in [-0.39, 0.29) is 12.5 Å². The number of piperidine rings is 1. The Hall–Kier alpha value is -2.85. The van der Waals surface area contributed by atoms with E-state index in [4.69, 9.17) is 16.3 Å². The highest BCUT2D eigenvalue weighted by Crippen LogP contribution is 2.30. The molecule has 1 fully saturated rings. The predicted molar refractivity (Wildman–Crippen MR) is 124 cm³/mol. The number of rotatable bonds is 7. The van der Waals surface area contributed by atoms with Gasteiger partial charge in [0.15, 0.2) is 6.61 Å². The van der Waals surface area contributed by atoms with Crippen LogP contribution in [0.4, 0.5) is 0 Å². The Balaban J connectivity index is 1.27. The molecule has 5 heteroatoms. The fourth-order valence-electron chi connectivity index (χ4n) is 4.08. The Morgan fingerprint density at radius 2 is 1.74 bits per heavy atom. The minimum absolute atomic E-state index is 0.0468. The van der Waals surface area contributed by atoms with E-state index < -0.39 is 0 Å². The van der Waals surface area contributed by atoms with Crippen molar-refractivity contribution in [2.24, 2.45) is 5.92 Å². The second kappa shape index (κ2) is 10.5. The summed E-state index contributed by atoms with van der Waals surface area (Å²) in [6.45, 7) is 1.67. The van der Waals surface area contributed by atoms with Crippen LogP contribution in [0.1, 0.15) is 24.8 Å². The van der Waals surface area contributed by atoms with E-state index in [0.29, 0.717) is 16.8 Å². The second-order valence-electron chi connectivity index (χ2n) is 8.00. The first kappa shape index (κ1) is 21.4. The monoisotopic (exact) mass is 434 g/mol. The van der Waals surface area contributed by atoms with Gasteiger partial charge in [0.2, 0.25) is 0 Å². The van der Waals surface area contributed by atoms with Gasteiger partial charge in [-0.1, -0.05) is 60.1 Å². The van der Waals surface area contributed by atoms with Crippen LogP contribution >= 0.6 is 11.6 Å². The summed E-state index contributed by atoms with van der Waals surface area (Å²) in [5, 5.41) is 0.449. The number of para-hydroxylation sites is 1. The highest BCUT2D eigenvalue weighted by Gasteiger charge is 2.23. The third-order valence-electron chi connectivity index (χ3n) is 5.93. The van der Waals surface area contributed by atoms with Crippen molar-refractivity contribution < 1.29 is 9.53 Å². The quantitative estimate of drug-likeness (QED) is 0.451. The molecule has 1 aliphatic rings. The normalized spacial score (nSPS) is 14.4. The van der Waals surface area contributed by atoms with Gasteiger partial charge in [0.25, 0.3) is 5.91 Å². The third kappa shape index (κ3) is 5.86. The fraction of sp³-hybridized carbons (Fsp3) is 0.308. The molecule has 3 aromatic rings. The zero-order valence-electron chi connectivity index (χ0n) is 17.5. The molecule has 160 valence electrons. The number of likely N-dealkylation sites (tertiary alicyclic amines) is 1. The molecular formula is C26H27ClN2O2. The maximum Gasteiger partial charge on any atom is 0.260 e. The third-order valence-corrected chi connectivity index (χ3v) is 6.15. The number of aryl methyl sites for hydroxylation is 1. The number of hydrogen-bond acceptors (Lipinski definition) is 3. The Kier molecular flexibility index (Phi) is 7.21. The number of benzene rings is 2. The van der Waals surface area contributed by atoms with Gasteiger partial charge in [-0.2, -0.15) is 0 Å². The van der Waals surface area contributed by atoms with Crippen LogP contribution in [0, 0.1) is 5.92 Å². The first-order valence-electron chi connectivity index (χ1n) is 10.8. The number of amides is 1. The number of halogens is 1. The van der Waals surface area contributed by atoms with Crippen LogP contribution in [0.25, 0.3) is 11.1 Å². The van der Waals surface area contributed by atoms with Gasteiger partial charge in [-0.05, 0) is 55.4 Å². The van der Waals surface area contributed by atoms with Gasteiger partial charge < -0.3 is 9.64 Å². The molecule has 1 aliphatic heterocycles. The van der Waals surface area contributed by atoms with Crippen LogP contribution in [0.5, 0.6) is 5.75 Å². The Labute approximate surface area is 188 Å². The van der Waals surface area contributed by atoms with Crippen molar-refractivity contribution in [2.45, 2.75) is 25.7 Å². The molecule has 0 saturated carbocycles. The molecule has 31 heavy (non-hydrogen) atoms. The Morgan fingerprint density at radius 1 is 1.00 bits per heavy atom. The smallest absolute Gasteiger partial charge is 0.260 e. The molecule has 1 saturated heterocycles. The van der Waals surface area contributed by atoms with Gasteiger partial charge in [0, 0.05) is 30.4 Å². The van der Waals surface area contributed by atoms with Gasteiger partial charge in [-0.3, -0.25) is 4.79 Å². The summed E-state index contributed by atoms with van der Waals surface area (Å²) in [5.41, 5.74) is 3.20. The lowest BCUT2D eigenvalue weighted by atomic mass is 9.90. The maximum absolute atomic E-state index is 12.7. The minimum atomic E-state index is 0.0468. The summed E-state index contributed by atoms with van der Waals surface area (Å²) in [7, 11) is 0. The van der Waals surface area contributed by atoms with Crippen molar-refractivity contribution in [3.05, 3.63) is 83.6 Å². The van der Waals surface area contributed by atoms with Crippen molar-refractivity contribution >= 4 is 17.5 Å². The van der Waals surface area contributed by atoms with E-state index in [9.17, 15) is 4.79 Å². The lowest BCUT2D eigenvalue weighted by molar-refractivity contribution is -0.134. The van der Waals surface area contributed by atoms with Gasteiger partial charge in [0.1, 0.15) is 10.9 Å². The van der Waals surface area contributed by atoms with Gasteiger partial charge >= 0.3 is 0 Å². The number of ether oxygens (including phenoxy) is 1. The molecule has 1 aromatic heterocycles. The molecule has 4 nitrogen and oxygen atoms in total. The van der Waals surface area contributed by atoms with Crippen LogP contribution in [0.15, 0.2) is 72.9 Å². The highest BCUT2D eigenvalue weighted by atomic mass is 35.5. The highest BCUT2D eigenvalue weighted by molar-refractivity contribution is 6.29. The van der Waals surface area contributed by atoms with E-state index in [2.05, 4.69) is 35.3 Å². The molecule has 1 amide bonds. The van der Waals surface area contributed by atoms with Crippen LogP contribution in [0.2, 0.25) is 5.15 Å². The molecule has 4 rings (SSSR count). The van der Waals surface area contributed by atoms with Crippen LogP contribution in [0.3, 0.4) is 0 Å². The van der Waals surface area contributed by atoms with E-state index in [1.807, 2.05) is 35.2 Å². The average Bonchev–Trinajstić information content (AvgIpc) is 2.83. The molecular weight excluding hydrogens is 408 g/mol. The number of carbonyl (C=O) groups excluding carboxylic acids is 1. The van der Waals surface area contributed by atoms with Crippen molar-refractivity contribution in [1.82, 2.24) is 9.88 Å². The lowest BCUT2D eigenvalue weighted by Crippen LogP contribution is -2.41. The molecule has 0 unspecified atom stereocenters. The molecule has 0 bridgehead atoms. The number of nitrogens with zero attached hydrogens (tertiary/aromatic N) is 2. The Bertz CT molecular complexity index is 984. The van der Waals surface area contributed by atoms with Crippen molar-refractivity contribution in [3.63, 3.8) is 0 Å². The zero-order valence-corrected chi connectivity index (χ0v) is 18.3. The fourth-order valence-corrected chi connectivity index (χ4v) is 4.20. The number of carbonyl (C=O) groups is 1. The number of hydrogen-bond donors (Lipinski definition) is 0. The first-order valence-corrected chi connectivity index (χ1v) is 11.2. The van der Waals surface area contributed by atoms with E-state index >= 15 is 0 Å². The summed E-state index contributed by atoms with van der Waals surface area (Å²) in [6.07, 6.45) is 6.13. The maximum atomic E-state index is 12.7. The lowest BCUT2D eigenvalue weighted by Gasteiger charge is -2.32.